The molecule has 1 aliphatic rings. The highest BCUT2D eigenvalue weighted by molar-refractivity contribution is 5.87. The fraction of sp³-hybridized carbons (Fsp3) is 0.600. The molecule has 1 aromatic rings. The van der Waals surface area contributed by atoms with Gasteiger partial charge in [0.15, 0.2) is 0 Å². The zero-order chi connectivity index (χ0) is 22.1. The van der Waals surface area contributed by atoms with Crippen LogP contribution in [0.3, 0.4) is 0 Å². The van der Waals surface area contributed by atoms with Gasteiger partial charge in [-0.3, -0.25) is 9.80 Å². The number of nitrogens with zero attached hydrogens (tertiary/aromatic N) is 5. The molecular weight excluding hydrogens is 390 g/mol. The molecule has 0 aliphatic carbocycles. The van der Waals surface area contributed by atoms with E-state index < -0.39 is 12.2 Å². The number of aromatic nitrogens is 1. The molecule has 0 saturated carbocycles. The first kappa shape index (κ1) is 23.2. The van der Waals surface area contributed by atoms with E-state index in [2.05, 4.69) is 9.88 Å². The fourth-order valence-electron chi connectivity index (χ4n) is 3.59. The van der Waals surface area contributed by atoms with Crippen LogP contribution in [0.1, 0.15) is 26.7 Å². The van der Waals surface area contributed by atoms with Gasteiger partial charge >= 0.3 is 12.2 Å². The number of pyridine rings is 1. The van der Waals surface area contributed by atoms with Crippen LogP contribution < -0.4 is 9.64 Å². The predicted molar refractivity (Wildman–Crippen MR) is 110 cm³/mol. The standard InChI is InChI=1S/C20H29N5O5/c1-15-13-23(19(26)27)14-16(2)24(15)10-5-11-30-18-7-6-17(12-22-18)25(9-4-8-21)20(28)29-3/h6-7,12,15-16H,4-5,9-11,13-14H2,1-3H3,(H,26,27). The first-order valence-electron chi connectivity index (χ1n) is 9.92. The van der Waals surface area contributed by atoms with Gasteiger partial charge in [0.2, 0.25) is 5.88 Å². The van der Waals surface area contributed by atoms with E-state index in [-0.39, 0.29) is 25.0 Å². The highest BCUT2D eigenvalue weighted by Crippen LogP contribution is 2.19. The SMILES string of the molecule is COC(=O)N(CCC#N)c1ccc(OCCCN2C(C)CN(C(=O)O)CC2C)nc1. The van der Waals surface area contributed by atoms with Gasteiger partial charge in [0, 0.05) is 44.3 Å². The Kier molecular flexibility index (Phi) is 8.68. The van der Waals surface area contributed by atoms with Gasteiger partial charge in [0.1, 0.15) is 0 Å². The molecule has 30 heavy (non-hydrogen) atoms. The summed E-state index contributed by atoms with van der Waals surface area (Å²) in [7, 11) is 1.29. The van der Waals surface area contributed by atoms with Gasteiger partial charge in [-0.1, -0.05) is 0 Å². The minimum absolute atomic E-state index is 0.153. The Balaban J connectivity index is 1.82. The second-order valence-corrected chi connectivity index (χ2v) is 7.21. The van der Waals surface area contributed by atoms with Crippen LogP contribution in [0.15, 0.2) is 18.3 Å². The van der Waals surface area contributed by atoms with Gasteiger partial charge in [-0.15, -0.1) is 0 Å². The number of piperazine rings is 1. The van der Waals surface area contributed by atoms with Crippen LogP contribution in [0.2, 0.25) is 0 Å². The van der Waals surface area contributed by atoms with E-state index >= 15 is 0 Å². The molecule has 2 amide bonds. The van der Waals surface area contributed by atoms with Crippen molar-refractivity contribution in [1.82, 2.24) is 14.8 Å². The first-order chi connectivity index (χ1) is 14.4. The van der Waals surface area contributed by atoms with Crippen molar-refractivity contribution in [3.05, 3.63) is 18.3 Å². The topological polar surface area (TPSA) is 119 Å². The Bertz CT molecular complexity index is 739. The monoisotopic (exact) mass is 419 g/mol. The van der Waals surface area contributed by atoms with Crippen molar-refractivity contribution in [2.24, 2.45) is 0 Å². The number of methoxy groups -OCH3 is 1. The van der Waals surface area contributed by atoms with Gasteiger partial charge in [0.05, 0.1) is 38.1 Å². The van der Waals surface area contributed by atoms with Crippen LogP contribution in [0, 0.1) is 11.3 Å². The lowest BCUT2D eigenvalue weighted by Crippen LogP contribution is -2.58. The number of hydrogen-bond donors (Lipinski definition) is 1. The molecule has 164 valence electrons. The number of hydrogen-bond acceptors (Lipinski definition) is 7. The molecule has 1 saturated heterocycles. The minimum Gasteiger partial charge on any atom is -0.478 e. The quantitative estimate of drug-likeness (QED) is 0.638. The van der Waals surface area contributed by atoms with Gasteiger partial charge in [-0.05, 0) is 26.3 Å². The van der Waals surface area contributed by atoms with Crippen molar-refractivity contribution >= 4 is 17.9 Å². The molecule has 2 rings (SSSR count). The maximum atomic E-state index is 11.9. The van der Waals surface area contributed by atoms with Crippen molar-refractivity contribution in [3.63, 3.8) is 0 Å². The summed E-state index contributed by atoms with van der Waals surface area (Å²) in [5.41, 5.74) is 0.531. The molecule has 0 radical (unpaired) electrons. The smallest absolute Gasteiger partial charge is 0.414 e. The molecule has 2 heterocycles. The zero-order valence-corrected chi connectivity index (χ0v) is 17.7. The first-order valence-corrected chi connectivity index (χ1v) is 9.92. The molecule has 2 unspecified atom stereocenters. The van der Waals surface area contributed by atoms with Crippen LogP contribution >= 0.6 is 0 Å². The Hall–Kier alpha value is -3.06. The summed E-state index contributed by atoms with van der Waals surface area (Å²) < 4.78 is 10.4. The van der Waals surface area contributed by atoms with Crippen molar-refractivity contribution < 1.29 is 24.2 Å². The normalized spacial score (nSPS) is 19.1. The lowest BCUT2D eigenvalue weighted by atomic mass is 10.1. The lowest BCUT2D eigenvalue weighted by Gasteiger charge is -2.43. The molecule has 0 bridgehead atoms. The highest BCUT2D eigenvalue weighted by Gasteiger charge is 2.31. The van der Waals surface area contributed by atoms with Crippen LogP contribution in [0.5, 0.6) is 5.88 Å². The minimum atomic E-state index is -0.871. The van der Waals surface area contributed by atoms with E-state index in [1.165, 1.54) is 23.1 Å². The van der Waals surface area contributed by atoms with Gasteiger partial charge < -0.3 is 19.5 Å². The predicted octanol–water partition coefficient (Wildman–Crippen LogP) is 2.41. The molecule has 10 heteroatoms. The van der Waals surface area contributed by atoms with Gasteiger partial charge in [-0.2, -0.15) is 5.26 Å². The number of carboxylic acid groups (broad SMARTS) is 1. The highest BCUT2D eigenvalue weighted by atomic mass is 16.5. The number of amides is 2. The largest absolute Gasteiger partial charge is 0.478 e. The van der Waals surface area contributed by atoms with Crippen molar-refractivity contribution in [2.45, 2.75) is 38.8 Å². The van der Waals surface area contributed by atoms with Crippen molar-refractivity contribution in [3.8, 4) is 11.9 Å². The van der Waals surface area contributed by atoms with Crippen molar-refractivity contribution in [1.29, 1.82) is 5.26 Å². The van der Waals surface area contributed by atoms with Crippen molar-refractivity contribution in [2.75, 3.05) is 44.8 Å². The second kappa shape index (κ2) is 11.2. The summed E-state index contributed by atoms with van der Waals surface area (Å²) in [6.07, 6.45) is 1.06. The average molecular weight is 419 g/mol. The molecule has 1 N–H and O–H groups in total. The third-order valence-corrected chi connectivity index (χ3v) is 5.06. The summed E-state index contributed by atoms with van der Waals surface area (Å²) in [6, 6.07) is 5.68. The van der Waals surface area contributed by atoms with E-state index in [4.69, 9.17) is 14.7 Å². The summed E-state index contributed by atoms with van der Waals surface area (Å²) in [4.78, 5) is 32.4. The van der Waals surface area contributed by atoms with Crippen LogP contribution in [0.25, 0.3) is 0 Å². The lowest BCUT2D eigenvalue weighted by molar-refractivity contribution is 0.0371. The maximum absolute atomic E-state index is 11.9. The fourth-order valence-corrected chi connectivity index (χ4v) is 3.59. The van der Waals surface area contributed by atoms with Gasteiger partial charge in [0.25, 0.3) is 0 Å². The van der Waals surface area contributed by atoms with Crippen LogP contribution in [0.4, 0.5) is 15.3 Å². The molecular formula is C20H29N5O5. The Morgan fingerprint density at radius 2 is 2.03 bits per heavy atom. The molecule has 1 aliphatic heterocycles. The number of carbonyl (C=O) groups is 2. The third-order valence-electron chi connectivity index (χ3n) is 5.06. The molecule has 2 atom stereocenters. The number of nitriles is 1. The molecule has 0 aromatic carbocycles. The Morgan fingerprint density at radius 3 is 2.57 bits per heavy atom. The summed E-state index contributed by atoms with van der Waals surface area (Å²) in [5.74, 6) is 0.445. The number of anilines is 1. The van der Waals surface area contributed by atoms with Gasteiger partial charge in [-0.25, -0.2) is 14.6 Å². The summed E-state index contributed by atoms with van der Waals surface area (Å²) in [6.45, 7) is 6.57. The van der Waals surface area contributed by atoms with Crippen LogP contribution in [-0.4, -0.2) is 84.1 Å². The number of ether oxygens (including phenoxy) is 2. The van der Waals surface area contributed by atoms with E-state index in [0.29, 0.717) is 31.3 Å². The zero-order valence-electron chi connectivity index (χ0n) is 17.7. The molecule has 1 aromatic heterocycles. The molecule has 10 nitrogen and oxygen atoms in total. The summed E-state index contributed by atoms with van der Waals surface area (Å²) >= 11 is 0. The van der Waals surface area contributed by atoms with E-state index in [0.717, 1.165) is 13.0 Å². The molecule has 0 spiro atoms. The third kappa shape index (κ3) is 6.22. The Morgan fingerprint density at radius 1 is 1.33 bits per heavy atom. The summed E-state index contributed by atoms with van der Waals surface area (Å²) in [5, 5.41) is 17.9. The number of carbonyl (C=O) groups excluding carboxylic acids is 1. The molecule has 1 fully saturated rings. The van der Waals surface area contributed by atoms with Crippen LogP contribution in [-0.2, 0) is 4.74 Å². The number of rotatable bonds is 8. The van der Waals surface area contributed by atoms with E-state index in [1.807, 2.05) is 19.9 Å². The average Bonchev–Trinajstić information content (AvgIpc) is 2.73. The van der Waals surface area contributed by atoms with E-state index in [9.17, 15) is 14.7 Å². The van der Waals surface area contributed by atoms with E-state index in [1.54, 1.807) is 12.1 Å². The second-order valence-electron chi connectivity index (χ2n) is 7.21. The Labute approximate surface area is 176 Å². The maximum Gasteiger partial charge on any atom is 0.414 e.